The zero-order valence-electron chi connectivity index (χ0n) is 34.2. The fourth-order valence-electron chi connectivity index (χ4n) is 6.65. The number of nitrogens with one attached hydrogen (secondary N) is 4. The first-order chi connectivity index (χ1) is 25.1. The average molecular weight is 827 g/mol. The van der Waals surface area contributed by atoms with E-state index in [0.29, 0.717) is 94.4 Å². The number of carbonyl (C=O) groups excluding carboxylic acids is 4. The van der Waals surface area contributed by atoms with Crippen molar-refractivity contribution in [2.24, 2.45) is 22.0 Å². The standard InChI is InChI=1S/C37H74N6O8S3/c1-8-36(4,33(46)42-21-25-51-24-17-38)29-37(5,34(47)41-20-12-22-43(6,7)23-13-27-54(48,49)50)28-35(2,3)32(45)40-19-11-18-39-31(44)15-10-9-14-30(53)16-26-52/h30H,8-29,38H2,1-7H3,(H6-,39,40,41,42,44,45,46,47,48,49,50,52,53). The number of nitrogens with zero attached hydrogens (tertiary/aromatic N) is 1. The van der Waals surface area contributed by atoms with Gasteiger partial charge in [0.25, 0.3) is 0 Å². The van der Waals surface area contributed by atoms with Crippen LogP contribution >= 0.6 is 25.3 Å². The highest BCUT2D eigenvalue weighted by atomic mass is 32.2. The predicted molar refractivity (Wildman–Crippen MR) is 221 cm³/mol. The number of unbranched alkanes of at least 4 members (excludes halogenated alkanes) is 1. The van der Waals surface area contributed by atoms with E-state index in [1.165, 1.54) is 0 Å². The summed E-state index contributed by atoms with van der Waals surface area (Å²) in [5.74, 6) is -0.329. The third kappa shape index (κ3) is 23.4. The van der Waals surface area contributed by atoms with Crippen LogP contribution in [0.25, 0.3) is 0 Å². The molecule has 318 valence electrons. The Morgan fingerprint density at radius 2 is 1.35 bits per heavy atom. The molecule has 3 unspecified atom stereocenters. The van der Waals surface area contributed by atoms with Gasteiger partial charge in [-0.2, -0.15) is 25.3 Å². The Bertz CT molecular complexity index is 1240. The van der Waals surface area contributed by atoms with Crippen LogP contribution in [0.2, 0.25) is 0 Å². The van der Waals surface area contributed by atoms with Gasteiger partial charge in [0.2, 0.25) is 23.6 Å². The summed E-state index contributed by atoms with van der Waals surface area (Å²) in [5, 5.41) is 12.2. The average Bonchev–Trinajstić information content (AvgIpc) is 3.07. The summed E-state index contributed by atoms with van der Waals surface area (Å²) in [6.45, 7) is 12.8. The smallest absolute Gasteiger partial charge is 0.226 e. The van der Waals surface area contributed by atoms with Crippen molar-refractivity contribution < 1.29 is 41.4 Å². The van der Waals surface area contributed by atoms with Crippen molar-refractivity contribution >= 4 is 59.0 Å². The Labute approximate surface area is 337 Å². The number of hydrogen-bond acceptors (Lipinski definition) is 11. The third-order valence-electron chi connectivity index (χ3n) is 9.90. The van der Waals surface area contributed by atoms with E-state index in [4.69, 9.17) is 10.5 Å². The van der Waals surface area contributed by atoms with Gasteiger partial charge in [-0.1, -0.05) is 41.0 Å². The van der Waals surface area contributed by atoms with Crippen LogP contribution in [-0.4, -0.2) is 131 Å². The van der Waals surface area contributed by atoms with Crippen molar-refractivity contribution in [1.82, 2.24) is 21.3 Å². The van der Waals surface area contributed by atoms with Crippen molar-refractivity contribution in [3.8, 4) is 0 Å². The zero-order chi connectivity index (χ0) is 41.5. The second-order valence-electron chi connectivity index (χ2n) is 16.3. The van der Waals surface area contributed by atoms with Gasteiger partial charge >= 0.3 is 0 Å². The first-order valence-corrected chi connectivity index (χ1v) is 22.2. The molecule has 0 aliphatic rings. The lowest BCUT2D eigenvalue weighted by atomic mass is 9.64. The van der Waals surface area contributed by atoms with Gasteiger partial charge in [0, 0.05) is 79.2 Å². The Hall–Kier alpha value is -1.63. The molecule has 0 saturated heterocycles. The van der Waals surface area contributed by atoms with Crippen LogP contribution in [0, 0.1) is 16.2 Å². The van der Waals surface area contributed by atoms with E-state index < -0.39 is 32.1 Å². The van der Waals surface area contributed by atoms with Crippen LogP contribution in [0.3, 0.4) is 0 Å². The molecule has 0 aromatic heterocycles. The molecule has 0 aromatic carbocycles. The summed E-state index contributed by atoms with van der Waals surface area (Å²) >= 11 is 8.76. The van der Waals surface area contributed by atoms with E-state index in [-0.39, 0.29) is 42.9 Å². The molecule has 6 N–H and O–H groups in total. The molecule has 0 rings (SSSR count). The quantitative estimate of drug-likeness (QED) is 0.0230. The van der Waals surface area contributed by atoms with Crippen LogP contribution in [0.4, 0.5) is 0 Å². The highest BCUT2D eigenvalue weighted by Crippen LogP contribution is 2.44. The summed E-state index contributed by atoms with van der Waals surface area (Å²) in [5.41, 5.74) is 2.47. The minimum absolute atomic E-state index is 0.0170. The van der Waals surface area contributed by atoms with E-state index in [1.807, 2.05) is 27.9 Å². The van der Waals surface area contributed by atoms with E-state index in [2.05, 4.69) is 46.5 Å². The van der Waals surface area contributed by atoms with Crippen LogP contribution in [0.1, 0.15) is 105 Å². The third-order valence-corrected chi connectivity index (χ3v) is 11.5. The Morgan fingerprint density at radius 1 is 0.778 bits per heavy atom. The van der Waals surface area contributed by atoms with Crippen molar-refractivity contribution in [3.05, 3.63) is 0 Å². The van der Waals surface area contributed by atoms with Gasteiger partial charge in [-0.05, 0) is 50.7 Å². The van der Waals surface area contributed by atoms with Crippen molar-refractivity contribution in [2.45, 2.75) is 110 Å². The van der Waals surface area contributed by atoms with Gasteiger partial charge in [0.15, 0.2) is 0 Å². The molecule has 0 aliphatic heterocycles. The summed E-state index contributed by atoms with van der Waals surface area (Å²) < 4.78 is 38.9. The first kappa shape index (κ1) is 52.4. The molecule has 4 amide bonds. The van der Waals surface area contributed by atoms with Gasteiger partial charge in [0.05, 0.1) is 50.5 Å². The summed E-state index contributed by atoms with van der Waals surface area (Å²) in [6, 6.07) is 0. The number of amides is 4. The molecule has 0 saturated carbocycles. The molecule has 0 fully saturated rings. The van der Waals surface area contributed by atoms with Gasteiger partial charge < -0.3 is 40.8 Å². The van der Waals surface area contributed by atoms with Crippen LogP contribution in [-0.2, 0) is 34.0 Å². The predicted octanol–water partition coefficient (Wildman–Crippen LogP) is 2.63. The Morgan fingerprint density at radius 3 is 1.96 bits per heavy atom. The van der Waals surface area contributed by atoms with E-state index in [1.54, 1.807) is 20.8 Å². The highest BCUT2D eigenvalue weighted by molar-refractivity contribution is 7.85. The molecule has 0 spiro atoms. The first-order valence-electron chi connectivity index (χ1n) is 19.5. The topological polar surface area (TPSA) is 209 Å². The Balaban J connectivity index is 5.51. The maximum absolute atomic E-state index is 14.1. The fraction of sp³-hybridized carbons (Fsp3) is 0.892. The van der Waals surface area contributed by atoms with Crippen molar-refractivity contribution in [1.29, 1.82) is 0 Å². The summed E-state index contributed by atoms with van der Waals surface area (Å²) in [6.07, 6.45) is 6.29. The Kier molecular flexibility index (Phi) is 25.5. The monoisotopic (exact) mass is 826 g/mol. The number of quaternary nitrogens is 1. The molecule has 0 bridgehead atoms. The number of rotatable bonds is 32. The largest absolute Gasteiger partial charge is 0.748 e. The number of ether oxygens (including phenoxy) is 1. The van der Waals surface area contributed by atoms with Crippen LogP contribution in [0.5, 0.6) is 0 Å². The second kappa shape index (κ2) is 26.3. The van der Waals surface area contributed by atoms with Gasteiger partial charge in [-0.25, -0.2) is 8.42 Å². The molecule has 0 aromatic rings. The molecular weight excluding hydrogens is 753 g/mol. The maximum atomic E-state index is 14.1. The van der Waals surface area contributed by atoms with E-state index in [0.717, 1.165) is 31.4 Å². The molecular formula is C37H74N6O8S3. The van der Waals surface area contributed by atoms with Gasteiger partial charge in [0.1, 0.15) is 0 Å². The normalized spacial score (nSPS) is 15.1. The molecule has 0 heterocycles. The lowest BCUT2D eigenvalue weighted by molar-refractivity contribution is -0.890. The minimum Gasteiger partial charge on any atom is -0.748 e. The fourth-order valence-corrected chi connectivity index (χ4v) is 7.96. The summed E-state index contributed by atoms with van der Waals surface area (Å²) in [4.78, 5) is 53.4. The van der Waals surface area contributed by atoms with E-state index >= 15 is 0 Å². The van der Waals surface area contributed by atoms with Gasteiger partial charge in [-0.15, -0.1) is 0 Å². The lowest BCUT2D eigenvalue weighted by Crippen LogP contribution is -2.51. The van der Waals surface area contributed by atoms with Crippen LogP contribution in [0.15, 0.2) is 0 Å². The molecule has 17 heteroatoms. The minimum atomic E-state index is -4.28. The molecule has 14 nitrogen and oxygen atoms in total. The van der Waals surface area contributed by atoms with Crippen LogP contribution < -0.4 is 27.0 Å². The van der Waals surface area contributed by atoms with E-state index in [9.17, 15) is 32.1 Å². The summed E-state index contributed by atoms with van der Waals surface area (Å²) in [7, 11) is -0.392. The number of carbonyl (C=O) groups is 4. The number of nitrogens with two attached hydrogens (primary N) is 1. The molecule has 0 radical (unpaired) electrons. The van der Waals surface area contributed by atoms with Gasteiger partial charge in [-0.3, -0.25) is 19.2 Å². The SMILES string of the molecule is CCC(C)(CC(C)(CC(C)(C)C(=O)NCCCNC(=O)CCCCC(S)CCS)C(=O)NCCC[N+](C)(C)CCCS(=O)(=O)[O-])C(=O)NCCOCCN. The van der Waals surface area contributed by atoms with Crippen molar-refractivity contribution in [2.75, 3.05) is 84.6 Å². The second-order valence-corrected chi connectivity index (χ2v) is 19.0. The molecule has 0 aliphatic carbocycles. The zero-order valence-corrected chi connectivity index (χ0v) is 36.8. The highest BCUT2D eigenvalue weighted by Gasteiger charge is 2.47. The number of thiol groups is 2. The maximum Gasteiger partial charge on any atom is 0.226 e. The lowest BCUT2D eigenvalue weighted by Gasteiger charge is -2.41. The molecule has 54 heavy (non-hydrogen) atoms. The van der Waals surface area contributed by atoms with Crippen molar-refractivity contribution in [3.63, 3.8) is 0 Å². The molecule has 3 atom stereocenters. The number of hydrogen-bond donors (Lipinski definition) is 7.